The van der Waals surface area contributed by atoms with E-state index in [2.05, 4.69) is 5.32 Å². The van der Waals surface area contributed by atoms with Crippen LogP contribution in [0.4, 0.5) is 5.69 Å². The van der Waals surface area contributed by atoms with E-state index in [1.165, 1.54) is 25.1 Å². The van der Waals surface area contributed by atoms with Gasteiger partial charge in [-0.2, -0.15) is 0 Å². The van der Waals surface area contributed by atoms with Crippen LogP contribution in [0.3, 0.4) is 0 Å². The van der Waals surface area contributed by atoms with Gasteiger partial charge in [0.1, 0.15) is 11.3 Å². The van der Waals surface area contributed by atoms with E-state index in [1.807, 2.05) is 36.4 Å². The second kappa shape index (κ2) is 7.25. The van der Waals surface area contributed by atoms with Gasteiger partial charge in [-0.25, -0.2) is 8.42 Å². The fourth-order valence-electron chi connectivity index (χ4n) is 3.35. The molecule has 4 rings (SSSR count). The first kappa shape index (κ1) is 19.0. The van der Waals surface area contributed by atoms with Gasteiger partial charge in [-0.15, -0.1) is 0 Å². The molecule has 0 unspecified atom stereocenters. The molecule has 1 amide bonds. The third-order valence-corrected chi connectivity index (χ3v) is 6.60. The Morgan fingerprint density at radius 2 is 1.90 bits per heavy atom. The number of aromatic hydroxyl groups is 1. The van der Waals surface area contributed by atoms with Crippen molar-refractivity contribution in [2.75, 3.05) is 11.1 Å². The van der Waals surface area contributed by atoms with Gasteiger partial charge >= 0.3 is 0 Å². The van der Waals surface area contributed by atoms with Crippen LogP contribution in [0.15, 0.2) is 70.2 Å². The van der Waals surface area contributed by atoms with E-state index in [1.54, 1.807) is 6.26 Å². The number of sulfone groups is 1. The normalized spacial score (nSPS) is 11.8. The number of phenolic OH excluding ortho intramolecular Hbond substituents is 1. The van der Waals surface area contributed by atoms with Crippen molar-refractivity contribution in [3.05, 3.63) is 66.4 Å². The van der Waals surface area contributed by atoms with Gasteiger partial charge < -0.3 is 14.8 Å². The van der Waals surface area contributed by atoms with Crippen molar-refractivity contribution in [2.45, 2.75) is 18.2 Å². The lowest BCUT2D eigenvalue weighted by molar-refractivity contribution is -0.115. The first-order valence-electron chi connectivity index (χ1n) is 9.12. The summed E-state index contributed by atoms with van der Waals surface area (Å²) in [4.78, 5) is 12.7. The predicted molar refractivity (Wildman–Crippen MR) is 112 cm³/mol. The zero-order valence-electron chi connectivity index (χ0n) is 15.7. The van der Waals surface area contributed by atoms with Gasteiger partial charge in [-0.3, -0.25) is 4.79 Å². The van der Waals surface area contributed by atoms with Crippen molar-refractivity contribution in [2.24, 2.45) is 0 Å². The molecule has 1 heterocycles. The second-order valence-corrected chi connectivity index (χ2v) is 9.01. The molecule has 148 valence electrons. The summed E-state index contributed by atoms with van der Waals surface area (Å²) in [5.74, 6) is -0.655. The maximum Gasteiger partial charge on any atom is 0.229 e. The molecule has 0 saturated carbocycles. The van der Waals surface area contributed by atoms with Crippen LogP contribution in [0.2, 0.25) is 0 Å². The summed E-state index contributed by atoms with van der Waals surface area (Å²) < 4.78 is 29.7. The minimum absolute atomic E-state index is 0.0191. The molecule has 0 saturated heterocycles. The van der Waals surface area contributed by atoms with Crippen molar-refractivity contribution >= 4 is 43.2 Å². The molecule has 0 aliphatic heterocycles. The van der Waals surface area contributed by atoms with Crippen LogP contribution < -0.4 is 5.32 Å². The van der Waals surface area contributed by atoms with Crippen LogP contribution in [-0.2, 0) is 21.1 Å². The van der Waals surface area contributed by atoms with E-state index in [0.717, 1.165) is 16.2 Å². The van der Waals surface area contributed by atoms with E-state index in [9.17, 15) is 18.3 Å². The Morgan fingerprint density at radius 1 is 1.10 bits per heavy atom. The van der Waals surface area contributed by atoms with Gasteiger partial charge in [-0.1, -0.05) is 37.3 Å². The van der Waals surface area contributed by atoms with Gasteiger partial charge in [-0.05, 0) is 35.0 Å². The Hall–Kier alpha value is -3.32. The van der Waals surface area contributed by atoms with E-state index < -0.39 is 9.84 Å². The van der Waals surface area contributed by atoms with E-state index in [-0.39, 0.29) is 34.4 Å². The number of phenols is 1. The van der Waals surface area contributed by atoms with Crippen LogP contribution in [-0.4, -0.2) is 25.2 Å². The molecule has 0 fully saturated rings. The Balaban J connectivity index is 1.65. The predicted octanol–water partition coefficient (Wildman–Crippen LogP) is 4.27. The van der Waals surface area contributed by atoms with E-state index in [0.29, 0.717) is 11.1 Å². The lowest BCUT2D eigenvalue weighted by Crippen LogP contribution is -2.15. The lowest BCUT2D eigenvalue weighted by Gasteiger charge is -2.10. The molecule has 0 aliphatic carbocycles. The number of carbonyl (C=O) groups is 1. The maximum atomic E-state index is 12.6. The quantitative estimate of drug-likeness (QED) is 0.480. The number of benzene rings is 3. The molecule has 4 aromatic rings. The topological polar surface area (TPSA) is 96.6 Å². The van der Waals surface area contributed by atoms with Crippen molar-refractivity contribution in [3.63, 3.8) is 0 Å². The third kappa shape index (κ3) is 3.56. The summed E-state index contributed by atoms with van der Waals surface area (Å²) in [6.45, 7) is 1.54. The number of hydrogen-bond acceptors (Lipinski definition) is 5. The molecule has 0 bridgehead atoms. The average molecular weight is 409 g/mol. The van der Waals surface area contributed by atoms with Crippen molar-refractivity contribution < 1.29 is 22.7 Å². The highest BCUT2D eigenvalue weighted by atomic mass is 32.2. The summed E-state index contributed by atoms with van der Waals surface area (Å²) >= 11 is 0. The minimum atomic E-state index is -3.45. The van der Waals surface area contributed by atoms with Crippen LogP contribution >= 0.6 is 0 Å². The van der Waals surface area contributed by atoms with Gasteiger partial charge in [0.15, 0.2) is 9.84 Å². The van der Waals surface area contributed by atoms with Crippen molar-refractivity contribution in [1.29, 1.82) is 0 Å². The fourth-order valence-corrected chi connectivity index (χ4v) is 4.25. The molecule has 7 heteroatoms. The van der Waals surface area contributed by atoms with Gasteiger partial charge in [0.2, 0.25) is 5.91 Å². The molecule has 6 nitrogen and oxygen atoms in total. The Kier molecular flexibility index (Phi) is 4.76. The maximum absolute atomic E-state index is 12.6. The number of carbonyl (C=O) groups excluding carboxylic acids is 1. The summed E-state index contributed by atoms with van der Waals surface area (Å²) in [5.41, 5.74) is 1.46. The SMILES string of the molecule is CCS(=O)(=O)c1ccc(O)c(NC(=O)Cc2coc3ccc4ccccc4c23)c1. The largest absolute Gasteiger partial charge is 0.506 e. The molecule has 1 aromatic heterocycles. The number of nitrogens with one attached hydrogen (secondary N) is 1. The van der Waals surface area contributed by atoms with Crippen LogP contribution in [0.5, 0.6) is 5.75 Å². The number of amides is 1. The minimum Gasteiger partial charge on any atom is -0.506 e. The highest BCUT2D eigenvalue weighted by Gasteiger charge is 2.17. The lowest BCUT2D eigenvalue weighted by atomic mass is 10.0. The number of fused-ring (bicyclic) bond motifs is 3. The van der Waals surface area contributed by atoms with Gasteiger partial charge in [0.25, 0.3) is 0 Å². The zero-order valence-corrected chi connectivity index (χ0v) is 16.5. The highest BCUT2D eigenvalue weighted by molar-refractivity contribution is 7.91. The number of anilines is 1. The molecule has 0 radical (unpaired) electrons. The number of furan rings is 1. The summed E-state index contributed by atoms with van der Waals surface area (Å²) in [6.07, 6.45) is 1.57. The van der Waals surface area contributed by atoms with Crippen molar-refractivity contribution in [1.82, 2.24) is 0 Å². The fraction of sp³-hybridized carbons (Fsp3) is 0.136. The molecule has 0 spiro atoms. The van der Waals surface area contributed by atoms with E-state index >= 15 is 0 Å². The summed E-state index contributed by atoms with van der Waals surface area (Å²) in [7, 11) is -3.45. The number of rotatable bonds is 5. The Morgan fingerprint density at radius 3 is 2.69 bits per heavy atom. The first-order chi connectivity index (χ1) is 13.9. The third-order valence-electron chi connectivity index (χ3n) is 4.87. The summed E-state index contributed by atoms with van der Waals surface area (Å²) in [6, 6.07) is 15.5. The molecule has 3 aromatic carbocycles. The second-order valence-electron chi connectivity index (χ2n) is 6.73. The van der Waals surface area contributed by atoms with Gasteiger partial charge in [0, 0.05) is 10.9 Å². The monoisotopic (exact) mass is 409 g/mol. The Labute approximate surface area is 167 Å². The zero-order chi connectivity index (χ0) is 20.6. The molecular weight excluding hydrogens is 390 g/mol. The van der Waals surface area contributed by atoms with Crippen molar-refractivity contribution in [3.8, 4) is 5.75 Å². The smallest absolute Gasteiger partial charge is 0.229 e. The summed E-state index contributed by atoms with van der Waals surface area (Å²) in [5, 5.41) is 15.5. The average Bonchev–Trinajstić information content (AvgIpc) is 3.12. The Bertz CT molecular complexity index is 1340. The van der Waals surface area contributed by atoms with Crippen LogP contribution in [0.25, 0.3) is 21.7 Å². The standard InChI is InChI=1S/C22H19NO5S/c1-2-29(26,27)16-8-9-19(24)18(12-16)23-21(25)11-15-13-28-20-10-7-14-5-3-4-6-17(14)22(15)20/h3-10,12-13,24H,2,11H2,1H3,(H,23,25). The molecule has 29 heavy (non-hydrogen) atoms. The first-order valence-corrected chi connectivity index (χ1v) is 10.8. The van der Waals surface area contributed by atoms with Gasteiger partial charge in [0.05, 0.1) is 29.0 Å². The molecule has 0 atom stereocenters. The molecule has 2 N–H and O–H groups in total. The van der Waals surface area contributed by atoms with Crippen LogP contribution in [0.1, 0.15) is 12.5 Å². The number of hydrogen-bond donors (Lipinski definition) is 2. The molecule has 0 aliphatic rings. The molecular formula is C22H19NO5S. The highest BCUT2D eigenvalue weighted by Crippen LogP contribution is 2.31. The van der Waals surface area contributed by atoms with E-state index in [4.69, 9.17) is 4.42 Å². The van der Waals surface area contributed by atoms with Crippen LogP contribution in [0, 0.1) is 0 Å².